The second-order valence-corrected chi connectivity index (χ2v) is 7.77. The van der Waals surface area contributed by atoms with Crippen molar-refractivity contribution in [2.45, 2.75) is 58.6 Å². The summed E-state index contributed by atoms with van der Waals surface area (Å²) in [6, 6.07) is 4.33. The van der Waals surface area contributed by atoms with E-state index in [9.17, 15) is 14.7 Å². The third-order valence-corrected chi connectivity index (χ3v) is 4.42. The van der Waals surface area contributed by atoms with E-state index in [1.165, 1.54) is 0 Å². The van der Waals surface area contributed by atoms with Gasteiger partial charge in [0, 0.05) is 13.2 Å². The lowest BCUT2D eigenvalue weighted by atomic mass is 9.91. The van der Waals surface area contributed by atoms with Crippen molar-refractivity contribution < 1.29 is 24.2 Å². The molecule has 27 heavy (non-hydrogen) atoms. The van der Waals surface area contributed by atoms with Gasteiger partial charge in [0.05, 0.1) is 5.69 Å². The largest absolute Gasteiger partial charge is 0.506 e. The van der Waals surface area contributed by atoms with Gasteiger partial charge in [0.2, 0.25) is 5.91 Å². The van der Waals surface area contributed by atoms with Gasteiger partial charge >= 0.3 is 6.09 Å². The van der Waals surface area contributed by atoms with E-state index in [0.29, 0.717) is 31.7 Å². The molecule has 1 saturated heterocycles. The fourth-order valence-electron chi connectivity index (χ4n) is 2.99. The molecule has 1 aromatic carbocycles. The molecule has 1 aliphatic heterocycles. The molecule has 150 valence electrons. The van der Waals surface area contributed by atoms with Gasteiger partial charge in [0.1, 0.15) is 17.4 Å². The van der Waals surface area contributed by atoms with Crippen LogP contribution in [0.3, 0.4) is 0 Å². The second-order valence-electron chi connectivity index (χ2n) is 7.77. The molecule has 0 radical (unpaired) electrons. The average molecular weight is 378 g/mol. The van der Waals surface area contributed by atoms with Crippen LogP contribution < -0.4 is 10.6 Å². The van der Waals surface area contributed by atoms with Crippen molar-refractivity contribution in [3.05, 3.63) is 23.8 Å². The molecule has 1 aliphatic rings. The van der Waals surface area contributed by atoms with Gasteiger partial charge in [-0.15, -0.1) is 0 Å². The molecule has 0 aromatic heterocycles. The van der Waals surface area contributed by atoms with E-state index in [0.717, 1.165) is 12.0 Å². The van der Waals surface area contributed by atoms with Crippen LogP contribution in [0.1, 0.15) is 46.1 Å². The van der Waals surface area contributed by atoms with E-state index in [4.69, 9.17) is 9.47 Å². The summed E-state index contributed by atoms with van der Waals surface area (Å²) in [5, 5.41) is 15.5. The maximum atomic E-state index is 12.9. The van der Waals surface area contributed by atoms with E-state index < -0.39 is 17.7 Å². The lowest BCUT2D eigenvalue weighted by Crippen LogP contribution is -2.51. The van der Waals surface area contributed by atoms with Crippen molar-refractivity contribution >= 4 is 17.7 Å². The molecule has 2 amide bonds. The highest BCUT2D eigenvalue weighted by Crippen LogP contribution is 2.26. The van der Waals surface area contributed by atoms with Crippen LogP contribution in [0, 0.1) is 5.92 Å². The maximum Gasteiger partial charge on any atom is 0.408 e. The number of amides is 2. The Bertz CT molecular complexity index is 663. The van der Waals surface area contributed by atoms with Gasteiger partial charge < -0.3 is 25.2 Å². The van der Waals surface area contributed by atoms with Crippen LogP contribution in [-0.2, 0) is 20.7 Å². The highest BCUT2D eigenvalue weighted by molar-refractivity contribution is 5.98. The van der Waals surface area contributed by atoms with E-state index in [-0.39, 0.29) is 17.6 Å². The number of phenols is 1. The number of anilines is 1. The number of rotatable bonds is 5. The van der Waals surface area contributed by atoms with Crippen molar-refractivity contribution in [2.75, 3.05) is 18.5 Å². The topological polar surface area (TPSA) is 96.9 Å². The summed E-state index contributed by atoms with van der Waals surface area (Å²) < 4.78 is 10.7. The standard InChI is InChI=1S/C20H30N2O5/c1-5-13-6-7-16(23)15(12-13)21-18(24)17(14-8-10-26-11-9-14)22-19(25)27-20(2,3)4/h6-7,12,14,17,23H,5,8-11H2,1-4H3,(H,21,24)(H,22,25). The van der Waals surface area contributed by atoms with E-state index >= 15 is 0 Å². The molecule has 1 atom stereocenters. The molecule has 1 heterocycles. The van der Waals surface area contributed by atoms with Crippen LogP contribution in [0.25, 0.3) is 0 Å². The minimum Gasteiger partial charge on any atom is -0.506 e. The zero-order valence-corrected chi connectivity index (χ0v) is 16.5. The van der Waals surface area contributed by atoms with Crippen LogP contribution in [0.2, 0.25) is 0 Å². The molecule has 0 aliphatic carbocycles. The molecule has 3 N–H and O–H groups in total. The summed E-state index contributed by atoms with van der Waals surface area (Å²) >= 11 is 0. The van der Waals surface area contributed by atoms with Crippen molar-refractivity contribution in [1.82, 2.24) is 5.32 Å². The Morgan fingerprint density at radius 3 is 2.56 bits per heavy atom. The number of aryl methyl sites for hydroxylation is 1. The lowest BCUT2D eigenvalue weighted by molar-refractivity contribution is -0.120. The molecule has 2 rings (SSSR count). The number of carbonyl (C=O) groups excluding carboxylic acids is 2. The summed E-state index contributed by atoms with van der Waals surface area (Å²) in [6.07, 6.45) is 1.47. The number of benzene rings is 1. The van der Waals surface area contributed by atoms with Crippen LogP contribution in [0.4, 0.5) is 10.5 Å². The molecule has 0 bridgehead atoms. The van der Waals surface area contributed by atoms with Gasteiger partial charge in [-0.3, -0.25) is 4.79 Å². The molecule has 1 unspecified atom stereocenters. The number of phenolic OH excluding ortho intramolecular Hbond substituents is 1. The predicted octanol–water partition coefficient (Wildman–Crippen LogP) is 3.21. The summed E-state index contributed by atoms with van der Waals surface area (Å²) in [5.41, 5.74) is 0.669. The SMILES string of the molecule is CCc1ccc(O)c(NC(=O)C(NC(=O)OC(C)(C)C)C2CCOCC2)c1. The third kappa shape index (κ3) is 6.43. The Morgan fingerprint density at radius 2 is 1.96 bits per heavy atom. The zero-order chi connectivity index (χ0) is 20.0. The van der Waals surface area contributed by atoms with Gasteiger partial charge in [-0.05, 0) is 63.6 Å². The summed E-state index contributed by atoms with van der Waals surface area (Å²) in [7, 11) is 0. The Kier molecular flexibility index (Phi) is 7.07. The van der Waals surface area contributed by atoms with Crippen molar-refractivity contribution in [3.63, 3.8) is 0 Å². The van der Waals surface area contributed by atoms with Gasteiger partial charge in [-0.1, -0.05) is 13.0 Å². The number of hydrogen-bond donors (Lipinski definition) is 3. The minimum absolute atomic E-state index is 0.0106. The fraction of sp³-hybridized carbons (Fsp3) is 0.600. The van der Waals surface area contributed by atoms with Crippen molar-refractivity contribution in [2.24, 2.45) is 5.92 Å². The van der Waals surface area contributed by atoms with Gasteiger partial charge in [-0.25, -0.2) is 4.79 Å². The fourth-order valence-corrected chi connectivity index (χ4v) is 2.99. The Labute approximate surface area is 160 Å². The van der Waals surface area contributed by atoms with Gasteiger partial charge in [0.15, 0.2) is 0 Å². The van der Waals surface area contributed by atoms with Crippen LogP contribution in [0.5, 0.6) is 5.75 Å². The van der Waals surface area contributed by atoms with Crippen LogP contribution in [-0.4, -0.2) is 42.0 Å². The number of hydrogen-bond acceptors (Lipinski definition) is 5. The zero-order valence-electron chi connectivity index (χ0n) is 16.5. The van der Waals surface area contributed by atoms with E-state index in [1.807, 2.05) is 6.92 Å². The quantitative estimate of drug-likeness (QED) is 0.684. The highest BCUT2D eigenvalue weighted by Gasteiger charge is 2.33. The van der Waals surface area contributed by atoms with Crippen LogP contribution in [0.15, 0.2) is 18.2 Å². The maximum absolute atomic E-state index is 12.9. The average Bonchev–Trinajstić information content (AvgIpc) is 2.60. The predicted molar refractivity (Wildman–Crippen MR) is 103 cm³/mol. The summed E-state index contributed by atoms with van der Waals surface area (Å²) in [6.45, 7) is 8.38. The molecule has 7 nitrogen and oxygen atoms in total. The normalized spacial score (nSPS) is 16.4. The number of ether oxygens (including phenoxy) is 2. The third-order valence-electron chi connectivity index (χ3n) is 4.42. The number of carbonyl (C=O) groups is 2. The Morgan fingerprint density at radius 1 is 1.30 bits per heavy atom. The number of nitrogens with one attached hydrogen (secondary N) is 2. The number of aromatic hydroxyl groups is 1. The van der Waals surface area contributed by atoms with Crippen molar-refractivity contribution in [1.29, 1.82) is 0 Å². The molecule has 0 spiro atoms. The molecule has 7 heteroatoms. The smallest absolute Gasteiger partial charge is 0.408 e. The summed E-state index contributed by atoms with van der Waals surface area (Å²) in [4.78, 5) is 25.2. The molecule has 1 aromatic rings. The van der Waals surface area contributed by atoms with E-state index in [1.54, 1.807) is 39.0 Å². The first-order valence-electron chi connectivity index (χ1n) is 9.39. The van der Waals surface area contributed by atoms with Gasteiger partial charge in [-0.2, -0.15) is 0 Å². The minimum atomic E-state index is -0.770. The Balaban J connectivity index is 2.16. The van der Waals surface area contributed by atoms with E-state index in [2.05, 4.69) is 10.6 Å². The first-order valence-corrected chi connectivity index (χ1v) is 9.39. The lowest BCUT2D eigenvalue weighted by Gasteiger charge is -2.31. The monoisotopic (exact) mass is 378 g/mol. The first-order chi connectivity index (χ1) is 12.7. The molecular formula is C20H30N2O5. The molecule has 0 saturated carbocycles. The first kappa shape index (κ1) is 21.0. The molecular weight excluding hydrogens is 348 g/mol. The molecule has 1 fully saturated rings. The second kappa shape index (κ2) is 9.08. The van der Waals surface area contributed by atoms with Crippen molar-refractivity contribution in [3.8, 4) is 5.75 Å². The van der Waals surface area contributed by atoms with Crippen LogP contribution >= 0.6 is 0 Å². The highest BCUT2D eigenvalue weighted by atomic mass is 16.6. The summed E-state index contributed by atoms with van der Waals surface area (Å²) in [5.74, 6) is -0.456. The van der Waals surface area contributed by atoms with Gasteiger partial charge in [0.25, 0.3) is 0 Å². The Hall–Kier alpha value is -2.28. The number of alkyl carbamates (subject to hydrolysis) is 1.